The third-order valence-electron chi connectivity index (χ3n) is 4.77. The van der Waals surface area contributed by atoms with Gasteiger partial charge in [-0.2, -0.15) is 16.4 Å². The van der Waals surface area contributed by atoms with Crippen LogP contribution in [-0.4, -0.2) is 22.8 Å². The Kier molecular flexibility index (Phi) is 5.44. The van der Waals surface area contributed by atoms with Gasteiger partial charge in [-0.15, -0.1) is 0 Å². The van der Waals surface area contributed by atoms with E-state index in [9.17, 15) is 4.79 Å². The first-order chi connectivity index (χ1) is 14.2. The van der Waals surface area contributed by atoms with E-state index >= 15 is 0 Å². The zero-order valence-electron chi connectivity index (χ0n) is 16.3. The van der Waals surface area contributed by atoms with Gasteiger partial charge in [0.2, 0.25) is 0 Å². The zero-order chi connectivity index (χ0) is 20.2. The minimum Gasteiger partial charge on any atom is -0.497 e. The summed E-state index contributed by atoms with van der Waals surface area (Å²) in [6.07, 6.45) is 0. The number of amides is 1. The van der Waals surface area contributed by atoms with Crippen molar-refractivity contribution in [2.24, 2.45) is 7.05 Å². The Morgan fingerprint density at radius 2 is 1.97 bits per heavy atom. The molecule has 0 atom stereocenters. The topological polar surface area (TPSA) is 56.1 Å². The van der Waals surface area contributed by atoms with Gasteiger partial charge in [-0.25, -0.2) is 0 Å². The van der Waals surface area contributed by atoms with Crippen molar-refractivity contribution in [3.8, 4) is 28.1 Å². The Bertz CT molecular complexity index is 1130. The molecule has 2 aromatic carbocycles. The van der Waals surface area contributed by atoms with Gasteiger partial charge < -0.3 is 10.1 Å². The first-order valence-electron chi connectivity index (χ1n) is 9.23. The molecular weight excluding hydrogens is 382 g/mol. The third kappa shape index (κ3) is 4.07. The van der Waals surface area contributed by atoms with Crippen LogP contribution in [0.3, 0.4) is 0 Å². The van der Waals surface area contributed by atoms with Crippen LogP contribution in [0.25, 0.3) is 22.4 Å². The lowest BCUT2D eigenvalue weighted by Gasteiger charge is -2.10. The number of nitrogens with one attached hydrogen (secondary N) is 1. The Morgan fingerprint density at radius 3 is 2.76 bits per heavy atom. The molecule has 0 unspecified atom stereocenters. The van der Waals surface area contributed by atoms with Crippen LogP contribution in [-0.2, 0) is 13.6 Å². The van der Waals surface area contributed by atoms with Crippen molar-refractivity contribution < 1.29 is 9.53 Å². The molecule has 0 aliphatic rings. The van der Waals surface area contributed by atoms with Crippen LogP contribution in [0.2, 0.25) is 0 Å². The number of nitrogens with zero attached hydrogens (tertiary/aromatic N) is 2. The zero-order valence-corrected chi connectivity index (χ0v) is 17.1. The highest BCUT2D eigenvalue weighted by Gasteiger charge is 2.15. The highest BCUT2D eigenvalue weighted by atomic mass is 32.1. The summed E-state index contributed by atoms with van der Waals surface area (Å²) in [4.78, 5) is 12.8. The second-order valence-electron chi connectivity index (χ2n) is 6.62. The fourth-order valence-electron chi connectivity index (χ4n) is 3.24. The van der Waals surface area contributed by atoms with Gasteiger partial charge in [-0.3, -0.25) is 9.48 Å². The van der Waals surface area contributed by atoms with Crippen molar-refractivity contribution in [1.29, 1.82) is 0 Å². The molecule has 0 aliphatic carbocycles. The summed E-state index contributed by atoms with van der Waals surface area (Å²) in [6, 6.07) is 19.6. The summed E-state index contributed by atoms with van der Waals surface area (Å²) in [7, 11) is 3.40. The summed E-state index contributed by atoms with van der Waals surface area (Å²) in [6.45, 7) is 0.449. The minimum absolute atomic E-state index is 0.158. The molecule has 29 heavy (non-hydrogen) atoms. The number of benzene rings is 2. The van der Waals surface area contributed by atoms with Crippen LogP contribution >= 0.6 is 11.3 Å². The molecule has 4 aromatic rings. The largest absolute Gasteiger partial charge is 0.497 e. The second-order valence-corrected chi connectivity index (χ2v) is 7.40. The van der Waals surface area contributed by atoms with Gasteiger partial charge >= 0.3 is 0 Å². The van der Waals surface area contributed by atoms with Crippen LogP contribution in [0.15, 0.2) is 71.4 Å². The number of hydrogen-bond donors (Lipinski definition) is 1. The van der Waals surface area contributed by atoms with Crippen molar-refractivity contribution in [2.75, 3.05) is 7.11 Å². The van der Waals surface area contributed by atoms with Crippen molar-refractivity contribution in [3.05, 3.63) is 82.7 Å². The van der Waals surface area contributed by atoms with Gasteiger partial charge in [0, 0.05) is 19.2 Å². The first-order valence-corrected chi connectivity index (χ1v) is 10.2. The third-order valence-corrected chi connectivity index (χ3v) is 5.45. The van der Waals surface area contributed by atoms with Crippen molar-refractivity contribution in [3.63, 3.8) is 0 Å². The molecule has 4 rings (SSSR count). The van der Waals surface area contributed by atoms with Gasteiger partial charge in [0.25, 0.3) is 5.91 Å². The average molecular weight is 404 g/mol. The molecule has 0 saturated carbocycles. The predicted molar refractivity (Wildman–Crippen MR) is 116 cm³/mol. The average Bonchev–Trinajstić information content (AvgIpc) is 3.42. The van der Waals surface area contributed by atoms with Gasteiger partial charge in [0.05, 0.1) is 12.8 Å². The predicted octanol–water partition coefficient (Wildman–Crippen LogP) is 4.75. The standard InChI is InChI=1S/C23H21N3O2S/c1-26-22(13-21(25-26)16-7-5-8-19(12-16)28-2)23(27)24-14-17-6-3-4-9-20(17)18-10-11-29-15-18/h3-13,15H,14H2,1-2H3,(H,24,27). The summed E-state index contributed by atoms with van der Waals surface area (Å²) in [5.41, 5.74) is 5.53. The Balaban J connectivity index is 1.52. The maximum atomic E-state index is 12.8. The van der Waals surface area contributed by atoms with Crippen molar-refractivity contribution in [2.45, 2.75) is 6.54 Å². The van der Waals surface area contributed by atoms with E-state index in [1.807, 2.05) is 42.5 Å². The molecule has 0 saturated heterocycles. The molecule has 0 spiro atoms. The molecule has 6 heteroatoms. The van der Waals surface area contributed by atoms with E-state index in [2.05, 4.69) is 33.3 Å². The normalized spacial score (nSPS) is 10.7. The number of carbonyl (C=O) groups is 1. The summed E-state index contributed by atoms with van der Waals surface area (Å²) < 4.78 is 6.88. The molecule has 2 aromatic heterocycles. The van der Waals surface area contributed by atoms with E-state index in [1.165, 1.54) is 5.56 Å². The fraction of sp³-hybridized carbons (Fsp3) is 0.130. The minimum atomic E-state index is -0.158. The maximum Gasteiger partial charge on any atom is 0.269 e. The van der Waals surface area contributed by atoms with E-state index in [4.69, 9.17) is 4.74 Å². The summed E-state index contributed by atoms with van der Waals surface area (Å²) >= 11 is 1.66. The lowest BCUT2D eigenvalue weighted by Crippen LogP contribution is -2.25. The van der Waals surface area contributed by atoms with Gasteiger partial charge in [0.1, 0.15) is 11.4 Å². The smallest absolute Gasteiger partial charge is 0.269 e. The van der Waals surface area contributed by atoms with E-state index in [1.54, 1.807) is 36.2 Å². The quantitative estimate of drug-likeness (QED) is 0.505. The molecule has 0 fully saturated rings. The molecule has 1 amide bonds. The number of carbonyl (C=O) groups excluding carboxylic acids is 1. The van der Waals surface area contributed by atoms with E-state index < -0.39 is 0 Å². The lowest BCUT2D eigenvalue weighted by molar-refractivity contribution is 0.0941. The Hall–Kier alpha value is -3.38. The van der Waals surface area contributed by atoms with Crippen LogP contribution < -0.4 is 10.1 Å². The summed E-state index contributed by atoms with van der Waals surface area (Å²) in [5, 5.41) is 11.7. The molecular formula is C23H21N3O2S. The lowest BCUT2D eigenvalue weighted by atomic mass is 10.0. The van der Waals surface area contributed by atoms with Crippen LogP contribution in [0.5, 0.6) is 5.75 Å². The number of aromatic nitrogens is 2. The van der Waals surface area contributed by atoms with Crippen LogP contribution in [0.1, 0.15) is 16.1 Å². The molecule has 2 heterocycles. The van der Waals surface area contributed by atoms with Crippen molar-refractivity contribution in [1.82, 2.24) is 15.1 Å². The highest BCUT2D eigenvalue weighted by Crippen LogP contribution is 2.26. The molecule has 1 N–H and O–H groups in total. The number of ether oxygens (including phenoxy) is 1. The van der Waals surface area contributed by atoms with Crippen LogP contribution in [0, 0.1) is 0 Å². The van der Waals surface area contributed by atoms with Gasteiger partial charge in [0.15, 0.2) is 0 Å². The fourth-order valence-corrected chi connectivity index (χ4v) is 3.90. The maximum absolute atomic E-state index is 12.8. The van der Waals surface area contributed by atoms with Crippen LogP contribution in [0.4, 0.5) is 0 Å². The van der Waals surface area contributed by atoms with E-state index in [-0.39, 0.29) is 5.91 Å². The van der Waals surface area contributed by atoms with Gasteiger partial charge in [-0.05, 0) is 51.7 Å². The van der Waals surface area contributed by atoms with Gasteiger partial charge in [-0.1, -0.05) is 36.4 Å². The SMILES string of the molecule is COc1cccc(-c2cc(C(=O)NCc3ccccc3-c3ccsc3)n(C)n2)c1. The first kappa shape index (κ1) is 19.0. The number of thiophene rings is 1. The van der Waals surface area contributed by atoms with E-state index in [0.29, 0.717) is 12.2 Å². The highest BCUT2D eigenvalue weighted by molar-refractivity contribution is 7.08. The number of hydrogen-bond acceptors (Lipinski definition) is 4. The second kappa shape index (κ2) is 8.32. The monoisotopic (exact) mass is 403 g/mol. The molecule has 146 valence electrons. The molecule has 0 aliphatic heterocycles. The Morgan fingerprint density at radius 1 is 1.10 bits per heavy atom. The Labute approximate surface area is 173 Å². The number of rotatable bonds is 6. The number of aryl methyl sites for hydroxylation is 1. The summed E-state index contributed by atoms with van der Waals surface area (Å²) in [5.74, 6) is 0.596. The number of methoxy groups -OCH3 is 1. The molecule has 0 bridgehead atoms. The van der Waals surface area contributed by atoms with E-state index in [0.717, 1.165) is 28.1 Å². The van der Waals surface area contributed by atoms with Crippen molar-refractivity contribution >= 4 is 17.2 Å². The molecule has 0 radical (unpaired) electrons. The molecule has 5 nitrogen and oxygen atoms in total.